The lowest BCUT2D eigenvalue weighted by Crippen LogP contribution is -3.17. The van der Waals surface area contributed by atoms with Crippen LogP contribution in [0, 0.1) is 17.6 Å². The van der Waals surface area contributed by atoms with Crippen LogP contribution >= 0.6 is 0 Å². The lowest BCUT2D eigenvalue weighted by Gasteiger charge is -2.39. The van der Waals surface area contributed by atoms with Crippen LogP contribution in [0.5, 0.6) is 0 Å². The summed E-state index contributed by atoms with van der Waals surface area (Å²) in [5.74, 6) is 2.48. The van der Waals surface area contributed by atoms with E-state index in [1.165, 1.54) is 0 Å². The van der Waals surface area contributed by atoms with E-state index in [1.807, 2.05) is 0 Å². The molecule has 0 bridgehead atoms. The van der Waals surface area contributed by atoms with Gasteiger partial charge in [0.05, 0.1) is 19.4 Å². The lowest BCUT2D eigenvalue weighted by molar-refractivity contribution is -0.919. The van der Waals surface area contributed by atoms with E-state index in [2.05, 4.69) is 5.92 Å². The molecule has 1 rings (SSSR count). The van der Waals surface area contributed by atoms with Crippen LogP contribution in [0.3, 0.4) is 0 Å². The molecule has 1 aliphatic heterocycles. The molecule has 1 fully saturated rings. The smallest absolute Gasteiger partial charge is 0.104 e. The van der Waals surface area contributed by atoms with Gasteiger partial charge >= 0.3 is 0 Å². The summed E-state index contributed by atoms with van der Waals surface area (Å²) in [4.78, 5) is 0. The van der Waals surface area contributed by atoms with Gasteiger partial charge in [-0.3, -0.25) is 0 Å². The highest BCUT2D eigenvalue weighted by Crippen LogP contribution is 1.97. The molecule has 1 N–H and O–H groups in total. The number of hydrogen-bond donors (Lipinski definition) is 1. The van der Waals surface area contributed by atoms with E-state index in [0.29, 0.717) is 11.5 Å². The normalized spacial score (nSPS) is 35.5. The van der Waals surface area contributed by atoms with Gasteiger partial charge in [-0.2, -0.15) is 0 Å². The number of rotatable bonds is 1. The topological polar surface area (TPSA) is 27.5 Å². The fourth-order valence-corrected chi connectivity index (χ4v) is 0.824. The van der Waals surface area contributed by atoms with Gasteiger partial charge in [-0.15, -0.1) is 12.3 Å². The molecule has 0 aromatic rings. The lowest BCUT2D eigenvalue weighted by atomic mass is 10.0. The highest BCUT2D eigenvalue weighted by molar-refractivity contribution is 4.88. The molecule has 8 heavy (non-hydrogen) atoms. The Morgan fingerprint density at radius 3 is 2.75 bits per heavy atom. The summed E-state index contributed by atoms with van der Waals surface area (Å²) in [6.45, 7) is 0.756. The van der Waals surface area contributed by atoms with E-state index in [4.69, 9.17) is 6.42 Å². The van der Waals surface area contributed by atoms with Gasteiger partial charge in [0, 0.05) is 0 Å². The zero-order valence-electron chi connectivity index (χ0n) is 4.68. The summed E-state index contributed by atoms with van der Waals surface area (Å²) in [6, 6.07) is 0.222. The third-order valence-electron chi connectivity index (χ3n) is 1.56. The van der Waals surface area contributed by atoms with Crippen molar-refractivity contribution in [1.82, 2.24) is 0 Å². The highest BCUT2D eigenvalue weighted by Gasteiger charge is 2.24. The van der Waals surface area contributed by atoms with Crippen LogP contribution in [0.15, 0.2) is 0 Å². The third kappa shape index (κ3) is 0.835. The maximum Gasteiger partial charge on any atom is 0.104 e. The van der Waals surface area contributed by atoms with Gasteiger partial charge in [0.15, 0.2) is 0 Å². The quantitative estimate of drug-likeness (QED) is 0.347. The first-order chi connectivity index (χ1) is 3.84. The van der Waals surface area contributed by atoms with Crippen LogP contribution in [-0.4, -0.2) is 12.6 Å². The molecule has 0 radical (unpaired) electrons. The Labute approximate surface area is 49.1 Å². The zero-order chi connectivity index (χ0) is 5.98. The van der Waals surface area contributed by atoms with E-state index >= 15 is 0 Å². The monoisotopic (exact) mass is 111 g/mol. The number of terminal acetylenes is 1. The van der Waals surface area contributed by atoms with E-state index in [1.54, 1.807) is 0 Å². The summed E-state index contributed by atoms with van der Waals surface area (Å²) >= 11 is 0. The maximum absolute atomic E-state index is 10.5. The Morgan fingerprint density at radius 2 is 2.62 bits per heavy atom. The molecular weight excluding hydrogens is 102 g/mol. The molecule has 0 aromatic carbocycles. The van der Waals surface area contributed by atoms with Crippen LogP contribution in [0.25, 0.3) is 0 Å². The van der Waals surface area contributed by atoms with E-state index in [9.17, 15) is 5.21 Å². The molecule has 0 spiro atoms. The standard InChI is InChI=1S/C6H9NO/c1-2-3-6-4-5-7(6)8/h1,6-7H,3-5H2. The molecule has 1 aliphatic rings. The summed E-state index contributed by atoms with van der Waals surface area (Å²) in [5.41, 5.74) is 0. The van der Waals surface area contributed by atoms with E-state index < -0.39 is 0 Å². The van der Waals surface area contributed by atoms with Crippen molar-refractivity contribution < 1.29 is 5.06 Å². The fraction of sp³-hybridized carbons (Fsp3) is 0.667. The molecule has 2 heteroatoms. The summed E-state index contributed by atoms with van der Waals surface area (Å²) < 4.78 is 0. The molecule has 2 nitrogen and oxygen atoms in total. The second kappa shape index (κ2) is 2.17. The van der Waals surface area contributed by atoms with Crippen molar-refractivity contribution >= 4 is 0 Å². The van der Waals surface area contributed by atoms with Gasteiger partial charge in [-0.05, 0) is 0 Å². The van der Waals surface area contributed by atoms with Crippen LogP contribution in [-0.2, 0) is 0 Å². The maximum atomic E-state index is 10.5. The number of nitrogens with one attached hydrogen (secondary N) is 1. The van der Waals surface area contributed by atoms with E-state index in [-0.39, 0.29) is 6.04 Å². The van der Waals surface area contributed by atoms with Gasteiger partial charge in [-0.25, -0.2) is 0 Å². The van der Waals surface area contributed by atoms with Gasteiger partial charge in [0.1, 0.15) is 6.04 Å². The molecule has 0 amide bonds. The predicted molar refractivity (Wildman–Crippen MR) is 31.1 cm³/mol. The number of hydrogen-bond acceptors (Lipinski definition) is 1. The summed E-state index contributed by atoms with van der Waals surface area (Å²) in [7, 11) is 0. The van der Waals surface area contributed by atoms with Gasteiger partial charge in [-0.1, -0.05) is 0 Å². The second-order valence-corrected chi connectivity index (χ2v) is 2.11. The van der Waals surface area contributed by atoms with Gasteiger partial charge in [0.2, 0.25) is 0 Å². The predicted octanol–water partition coefficient (Wildman–Crippen LogP) is -0.835. The Morgan fingerprint density at radius 1 is 1.88 bits per heavy atom. The molecule has 44 valence electrons. The van der Waals surface area contributed by atoms with Crippen molar-refractivity contribution in [3.8, 4) is 12.3 Å². The minimum atomic E-state index is 0.222. The van der Waals surface area contributed by atoms with Crippen LogP contribution in [0.2, 0.25) is 0 Å². The molecule has 1 heterocycles. The zero-order valence-corrected chi connectivity index (χ0v) is 4.68. The first-order valence-electron chi connectivity index (χ1n) is 2.81. The molecule has 2 atom stereocenters. The first-order valence-corrected chi connectivity index (χ1v) is 2.81. The largest absolute Gasteiger partial charge is 0.634 e. The van der Waals surface area contributed by atoms with Crippen molar-refractivity contribution in [3.05, 3.63) is 5.21 Å². The van der Waals surface area contributed by atoms with Gasteiger partial charge < -0.3 is 10.3 Å². The Kier molecular flexibility index (Phi) is 1.52. The van der Waals surface area contributed by atoms with Crippen molar-refractivity contribution in [2.24, 2.45) is 0 Å². The number of quaternary nitrogens is 1. The molecule has 0 aliphatic carbocycles. The number of hydroxylamine groups is 2. The second-order valence-electron chi connectivity index (χ2n) is 2.11. The Balaban J connectivity index is 2.19. The third-order valence-corrected chi connectivity index (χ3v) is 1.56. The first kappa shape index (κ1) is 5.61. The Hall–Kier alpha value is -0.520. The molecule has 1 saturated heterocycles. The molecule has 0 saturated carbocycles. The average molecular weight is 111 g/mol. The van der Waals surface area contributed by atoms with E-state index in [0.717, 1.165) is 13.0 Å². The van der Waals surface area contributed by atoms with Crippen LogP contribution in [0.1, 0.15) is 12.8 Å². The van der Waals surface area contributed by atoms with Crippen molar-refractivity contribution in [2.75, 3.05) is 6.54 Å². The Bertz CT molecular complexity index is 116. The van der Waals surface area contributed by atoms with Crippen LogP contribution < -0.4 is 5.06 Å². The van der Waals surface area contributed by atoms with Gasteiger partial charge in [0.25, 0.3) is 0 Å². The minimum Gasteiger partial charge on any atom is -0.634 e. The van der Waals surface area contributed by atoms with Crippen molar-refractivity contribution in [1.29, 1.82) is 0 Å². The average Bonchev–Trinajstić information content (AvgIpc) is 1.79. The SMILES string of the molecule is C#CCC1CC[NH+]1[O-]. The van der Waals surface area contributed by atoms with Crippen LogP contribution in [0.4, 0.5) is 0 Å². The molecule has 0 aromatic heterocycles. The summed E-state index contributed by atoms with van der Waals surface area (Å²) in [5, 5.41) is 10.9. The molecule has 2 unspecified atom stereocenters. The van der Waals surface area contributed by atoms with Crippen molar-refractivity contribution in [3.63, 3.8) is 0 Å². The summed E-state index contributed by atoms with van der Waals surface area (Å²) in [6.07, 6.45) is 6.67. The fourth-order valence-electron chi connectivity index (χ4n) is 0.824. The van der Waals surface area contributed by atoms with Crippen molar-refractivity contribution in [2.45, 2.75) is 18.9 Å². The molecular formula is C6H9NO. The highest BCUT2D eigenvalue weighted by atomic mass is 16.5. The minimum absolute atomic E-state index is 0.222.